The Bertz CT molecular complexity index is 119. The van der Waals surface area contributed by atoms with Crippen molar-refractivity contribution in [1.82, 2.24) is 10.6 Å². The van der Waals surface area contributed by atoms with Crippen molar-refractivity contribution in [3.05, 3.63) is 7.05 Å². The summed E-state index contributed by atoms with van der Waals surface area (Å²) < 4.78 is 0. The lowest BCUT2D eigenvalue weighted by Gasteiger charge is -2.20. The van der Waals surface area contributed by atoms with Gasteiger partial charge in [-0.1, -0.05) is 0 Å². The average Bonchev–Trinajstić information content (AvgIpc) is 2.05. The molecule has 3 heteroatoms. The van der Waals surface area contributed by atoms with Crippen LogP contribution in [0.4, 0.5) is 0 Å². The summed E-state index contributed by atoms with van der Waals surface area (Å²) in [6.07, 6.45) is 2.09. The maximum absolute atomic E-state index is 11.0. The summed E-state index contributed by atoms with van der Waals surface area (Å²) in [4.78, 5) is 11.0. The fourth-order valence-corrected chi connectivity index (χ4v) is 1.22. The first kappa shape index (κ1) is 7.54. The van der Waals surface area contributed by atoms with Gasteiger partial charge in [0.25, 0.3) is 0 Å². The minimum Gasteiger partial charge on any atom is -0.354 e. The molecule has 1 unspecified atom stereocenters. The van der Waals surface area contributed by atoms with Gasteiger partial charge in [0.05, 0.1) is 5.92 Å². The molecule has 0 aromatic heterocycles. The molecular weight excluding hydrogens is 128 g/mol. The van der Waals surface area contributed by atoms with Gasteiger partial charge in [-0.05, 0) is 19.4 Å². The van der Waals surface area contributed by atoms with Crippen molar-refractivity contribution in [2.75, 3.05) is 13.1 Å². The van der Waals surface area contributed by atoms with E-state index in [1.165, 1.54) is 0 Å². The summed E-state index contributed by atoms with van der Waals surface area (Å²) in [6.45, 7) is 1.85. The van der Waals surface area contributed by atoms with E-state index in [2.05, 4.69) is 17.7 Å². The number of carbonyl (C=O) groups is 1. The van der Waals surface area contributed by atoms with E-state index < -0.39 is 0 Å². The summed E-state index contributed by atoms with van der Waals surface area (Å²) in [5.74, 6) is 0.207. The number of nitrogens with one attached hydrogen (secondary N) is 2. The third-order valence-corrected chi connectivity index (χ3v) is 1.84. The second-order valence-electron chi connectivity index (χ2n) is 2.58. The molecule has 1 rings (SSSR count). The molecule has 0 aromatic carbocycles. The highest BCUT2D eigenvalue weighted by molar-refractivity contribution is 5.79. The smallest absolute Gasteiger partial charge is 0.224 e. The van der Waals surface area contributed by atoms with Crippen molar-refractivity contribution in [3.8, 4) is 0 Å². The van der Waals surface area contributed by atoms with Crippen molar-refractivity contribution in [2.45, 2.75) is 12.8 Å². The summed E-state index contributed by atoms with van der Waals surface area (Å²) in [5, 5.41) is 5.57. The van der Waals surface area contributed by atoms with Crippen LogP contribution in [0.1, 0.15) is 12.8 Å². The largest absolute Gasteiger partial charge is 0.354 e. The van der Waals surface area contributed by atoms with E-state index in [-0.39, 0.29) is 11.8 Å². The molecule has 0 saturated carbocycles. The van der Waals surface area contributed by atoms with Gasteiger partial charge in [0.15, 0.2) is 0 Å². The van der Waals surface area contributed by atoms with Gasteiger partial charge < -0.3 is 10.6 Å². The molecule has 1 aliphatic rings. The molecule has 0 aromatic rings. The van der Waals surface area contributed by atoms with Crippen LogP contribution in [0.3, 0.4) is 0 Å². The lowest BCUT2D eigenvalue weighted by Crippen LogP contribution is -2.38. The first-order valence-corrected chi connectivity index (χ1v) is 3.62. The molecule has 1 radical (unpaired) electrons. The van der Waals surface area contributed by atoms with E-state index in [4.69, 9.17) is 0 Å². The zero-order valence-electron chi connectivity index (χ0n) is 6.02. The van der Waals surface area contributed by atoms with Crippen molar-refractivity contribution in [2.24, 2.45) is 5.92 Å². The second-order valence-corrected chi connectivity index (χ2v) is 2.58. The highest BCUT2D eigenvalue weighted by atomic mass is 16.1. The van der Waals surface area contributed by atoms with Gasteiger partial charge in [0.1, 0.15) is 0 Å². The van der Waals surface area contributed by atoms with E-state index in [0.29, 0.717) is 0 Å². The van der Waals surface area contributed by atoms with Gasteiger partial charge in [0.2, 0.25) is 5.91 Å². The predicted octanol–water partition coefficient (Wildman–Crippen LogP) is -0.106. The molecule has 57 valence electrons. The zero-order chi connectivity index (χ0) is 7.40. The molecule has 1 saturated heterocycles. The highest BCUT2D eigenvalue weighted by Crippen LogP contribution is 2.08. The summed E-state index contributed by atoms with van der Waals surface area (Å²) >= 11 is 0. The van der Waals surface area contributed by atoms with Gasteiger partial charge in [0, 0.05) is 13.6 Å². The van der Waals surface area contributed by atoms with Crippen molar-refractivity contribution < 1.29 is 4.79 Å². The Morgan fingerprint density at radius 3 is 3.00 bits per heavy atom. The third-order valence-electron chi connectivity index (χ3n) is 1.84. The Kier molecular flexibility index (Phi) is 2.68. The number of piperidine rings is 1. The Morgan fingerprint density at radius 2 is 2.50 bits per heavy atom. The molecule has 2 N–H and O–H groups in total. The Morgan fingerprint density at radius 1 is 1.70 bits per heavy atom. The maximum atomic E-state index is 11.0. The van der Waals surface area contributed by atoms with Crippen molar-refractivity contribution >= 4 is 5.91 Å². The number of carbonyl (C=O) groups excluding carboxylic acids is 1. The van der Waals surface area contributed by atoms with E-state index in [9.17, 15) is 4.79 Å². The first-order chi connectivity index (χ1) is 4.84. The van der Waals surface area contributed by atoms with Crippen LogP contribution < -0.4 is 10.6 Å². The number of rotatable bonds is 1. The van der Waals surface area contributed by atoms with Gasteiger partial charge in [-0.15, -0.1) is 0 Å². The Hall–Kier alpha value is -0.570. The Labute approximate surface area is 61.2 Å². The molecule has 3 nitrogen and oxygen atoms in total. The van der Waals surface area contributed by atoms with Crippen LogP contribution >= 0.6 is 0 Å². The maximum Gasteiger partial charge on any atom is 0.224 e. The van der Waals surface area contributed by atoms with Crippen LogP contribution in [0.5, 0.6) is 0 Å². The standard InChI is InChI=1S/C7H13N2O/c1-8-7(10)6-3-2-4-9-5-6/h6,9H,1-5H2,(H,8,10). The molecule has 0 bridgehead atoms. The molecule has 1 heterocycles. The second kappa shape index (κ2) is 3.56. The Balaban J connectivity index is 2.31. The molecule has 1 fully saturated rings. The average molecular weight is 141 g/mol. The fourth-order valence-electron chi connectivity index (χ4n) is 1.22. The van der Waals surface area contributed by atoms with Gasteiger partial charge in [-0.2, -0.15) is 0 Å². The quantitative estimate of drug-likeness (QED) is 0.535. The van der Waals surface area contributed by atoms with Crippen molar-refractivity contribution in [3.63, 3.8) is 0 Å². The van der Waals surface area contributed by atoms with E-state index in [0.717, 1.165) is 25.9 Å². The van der Waals surface area contributed by atoms with Gasteiger partial charge >= 0.3 is 0 Å². The molecule has 10 heavy (non-hydrogen) atoms. The SMILES string of the molecule is [CH2]NC(=O)C1CCCNC1. The molecule has 1 aliphatic heterocycles. The van der Waals surface area contributed by atoms with Crippen LogP contribution in [0.15, 0.2) is 0 Å². The number of amides is 1. The van der Waals surface area contributed by atoms with Crippen LogP contribution in [0.2, 0.25) is 0 Å². The molecular formula is C7H13N2O. The van der Waals surface area contributed by atoms with Gasteiger partial charge in [-0.25, -0.2) is 0 Å². The van der Waals surface area contributed by atoms with E-state index in [1.54, 1.807) is 0 Å². The minimum absolute atomic E-state index is 0.0622. The zero-order valence-corrected chi connectivity index (χ0v) is 6.02. The minimum atomic E-state index is 0.0622. The van der Waals surface area contributed by atoms with Gasteiger partial charge in [-0.3, -0.25) is 4.79 Å². The molecule has 0 spiro atoms. The summed E-state index contributed by atoms with van der Waals surface area (Å²) in [6, 6.07) is 0. The van der Waals surface area contributed by atoms with Crippen LogP contribution in [-0.2, 0) is 4.79 Å². The van der Waals surface area contributed by atoms with Crippen molar-refractivity contribution in [1.29, 1.82) is 0 Å². The van der Waals surface area contributed by atoms with Crippen LogP contribution in [0.25, 0.3) is 0 Å². The topological polar surface area (TPSA) is 41.1 Å². The third kappa shape index (κ3) is 1.70. The lowest BCUT2D eigenvalue weighted by atomic mass is 9.99. The summed E-state index contributed by atoms with van der Waals surface area (Å²) in [5.41, 5.74) is 0. The summed E-state index contributed by atoms with van der Waals surface area (Å²) in [7, 11) is 3.33. The number of hydrogen-bond acceptors (Lipinski definition) is 2. The van der Waals surface area contributed by atoms with E-state index >= 15 is 0 Å². The van der Waals surface area contributed by atoms with Crippen LogP contribution in [-0.4, -0.2) is 19.0 Å². The molecule has 1 atom stereocenters. The van der Waals surface area contributed by atoms with E-state index in [1.807, 2.05) is 0 Å². The van der Waals surface area contributed by atoms with Crippen LogP contribution in [0, 0.1) is 13.0 Å². The molecule has 0 aliphatic carbocycles. The lowest BCUT2D eigenvalue weighted by molar-refractivity contribution is -0.124. The number of hydrogen-bond donors (Lipinski definition) is 2. The predicted molar refractivity (Wildman–Crippen MR) is 39.1 cm³/mol. The fraction of sp³-hybridized carbons (Fsp3) is 0.714. The first-order valence-electron chi connectivity index (χ1n) is 3.62. The highest BCUT2D eigenvalue weighted by Gasteiger charge is 2.18. The monoisotopic (exact) mass is 141 g/mol. The molecule has 1 amide bonds. The normalized spacial score (nSPS) is 25.9.